The van der Waals surface area contributed by atoms with Gasteiger partial charge in [0.2, 0.25) is 0 Å². The topological polar surface area (TPSA) is 52.5 Å². The molecular formula is C14H15N3. The van der Waals surface area contributed by atoms with Crippen LogP contribution in [0, 0.1) is 32.1 Å². The van der Waals surface area contributed by atoms with Gasteiger partial charge in [0.05, 0.1) is 6.07 Å². The lowest BCUT2D eigenvalue weighted by molar-refractivity contribution is 0.906. The van der Waals surface area contributed by atoms with Gasteiger partial charge in [0.15, 0.2) is 0 Å². The molecule has 0 aliphatic rings. The van der Waals surface area contributed by atoms with Crippen LogP contribution in [0.25, 0.3) is 0 Å². The number of nitrogens with one attached hydrogen (secondary N) is 1. The van der Waals surface area contributed by atoms with E-state index in [1.54, 1.807) is 12.4 Å². The van der Waals surface area contributed by atoms with Gasteiger partial charge in [0.1, 0.15) is 11.7 Å². The van der Waals surface area contributed by atoms with Crippen molar-refractivity contribution in [2.24, 2.45) is 0 Å². The molecule has 1 N–H and O–H groups in total. The zero-order valence-electron chi connectivity index (χ0n) is 10.3. The number of aromatic nitrogens is 2. The number of hydrogen-bond donors (Lipinski definition) is 1. The standard InChI is InChI=1S/C14H15N3/c1-9-6-10(2)13(11(3)7-9)12(8-15)14-16-4-5-17-14/h4-7,12H,1-3H3,(H,16,17). The molecule has 2 rings (SSSR count). The number of aromatic amines is 1. The summed E-state index contributed by atoms with van der Waals surface area (Å²) in [7, 11) is 0. The van der Waals surface area contributed by atoms with Crippen LogP contribution in [0.2, 0.25) is 0 Å². The molecule has 3 heteroatoms. The second kappa shape index (κ2) is 4.42. The summed E-state index contributed by atoms with van der Waals surface area (Å²) in [6, 6.07) is 6.54. The third-order valence-corrected chi connectivity index (χ3v) is 2.95. The molecule has 0 amide bonds. The molecule has 1 heterocycles. The maximum absolute atomic E-state index is 9.36. The van der Waals surface area contributed by atoms with E-state index in [2.05, 4.69) is 35.1 Å². The fourth-order valence-electron chi connectivity index (χ4n) is 2.34. The van der Waals surface area contributed by atoms with E-state index < -0.39 is 0 Å². The number of aryl methyl sites for hydroxylation is 3. The molecule has 0 bridgehead atoms. The van der Waals surface area contributed by atoms with Crippen molar-refractivity contribution < 1.29 is 0 Å². The molecule has 0 fully saturated rings. The number of hydrogen-bond acceptors (Lipinski definition) is 2. The summed E-state index contributed by atoms with van der Waals surface area (Å²) in [4.78, 5) is 7.21. The summed E-state index contributed by atoms with van der Waals surface area (Å²) in [5, 5.41) is 9.36. The summed E-state index contributed by atoms with van der Waals surface area (Å²) in [6.07, 6.45) is 3.43. The van der Waals surface area contributed by atoms with Crippen LogP contribution in [-0.4, -0.2) is 9.97 Å². The van der Waals surface area contributed by atoms with Gasteiger partial charge in [-0.25, -0.2) is 4.98 Å². The molecule has 0 saturated heterocycles. The van der Waals surface area contributed by atoms with E-state index in [1.165, 1.54) is 5.56 Å². The van der Waals surface area contributed by atoms with Crippen molar-refractivity contribution in [2.45, 2.75) is 26.7 Å². The van der Waals surface area contributed by atoms with Crippen LogP contribution in [0.4, 0.5) is 0 Å². The van der Waals surface area contributed by atoms with Crippen molar-refractivity contribution in [2.75, 3.05) is 0 Å². The minimum Gasteiger partial charge on any atom is -0.347 e. The van der Waals surface area contributed by atoms with E-state index >= 15 is 0 Å². The first-order chi connectivity index (χ1) is 8.13. The molecule has 3 nitrogen and oxygen atoms in total. The number of rotatable bonds is 2. The number of nitrogens with zero attached hydrogens (tertiary/aromatic N) is 2. The zero-order valence-corrected chi connectivity index (χ0v) is 10.3. The average molecular weight is 225 g/mol. The third-order valence-electron chi connectivity index (χ3n) is 2.95. The van der Waals surface area contributed by atoms with Crippen molar-refractivity contribution >= 4 is 0 Å². The zero-order chi connectivity index (χ0) is 12.4. The maximum atomic E-state index is 9.36. The van der Waals surface area contributed by atoms with Crippen LogP contribution in [-0.2, 0) is 0 Å². The van der Waals surface area contributed by atoms with Gasteiger partial charge in [0.25, 0.3) is 0 Å². The van der Waals surface area contributed by atoms with Crippen LogP contribution in [0.1, 0.15) is 34.0 Å². The number of benzene rings is 1. The highest BCUT2D eigenvalue weighted by Gasteiger charge is 2.20. The third kappa shape index (κ3) is 2.07. The molecule has 0 aliphatic carbocycles. The number of imidazole rings is 1. The first-order valence-electron chi connectivity index (χ1n) is 5.60. The lowest BCUT2D eigenvalue weighted by Crippen LogP contribution is -2.05. The Labute approximate surface area is 101 Å². The molecule has 86 valence electrons. The Morgan fingerprint density at radius 3 is 2.35 bits per heavy atom. The summed E-state index contributed by atoms with van der Waals surface area (Å²) < 4.78 is 0. The molecule has 1 atom stereocenters. The van der Waals surface area contributed by atoms with E-state index in [0.29, 0.717) is 5.82 Å². The van der Waals surface area contributed by atoms with Gasteiger partial charge in [-0.2, -0.15) is 5.26 Å². The summed E-state index contributed by atoms with van der Waals surface area (Å²) in [5.41, 5.74) is 4.57. The molecule has 0 radical (unpaired) electrons. The monoisotopic (exact) mass is 225 g/mol. The Bertz CT molecular complexity index is 539. The molecule has 2 aromatic rings. The summed E-state index contributed by atoms with van der Waals surface area (Å²) >= 11 is 0. The van der Waals surface area contributed by atoms with Gasteiger partial charge in [0, 0.05) is 12.4 Å². The molecule has 17 heavy (non-hydrogen) atoms. The largest absolute Gasteiger partial charge is 0.347 e. The quantitative estimate of drug-likeness (QED) is 0.854. The molecule has 0 saturated carbocycles. The highest BCUT2D eigenvalue weighted by Crippen LogP contribution is 2.28. The Morgan fingerprint density at radius 2 is 1.88 bits per heavy atom. The van der Waals surface area contributed by atoms with Crippen LogP contribution >= 0.6 is 0 Å². The molecule has 0 spiro atoms. The fraction of sp³-hybridized carbons (Fsp3) is 0.286. The van der Waals surface area contributed by atoms with Crippen molar-refractivity contribution in [1.82, 2.24) is 9.97 Å². The predicted molar refractivity (Wildman–Crippen MR) is 66.7 cm³/mol. The van der Waals surface area contributed by atoms with Crippen molar-refractivity contribution in [3.05, 3.63) is 52.6 Å². The summed E-state index contributed by atoms with van der Waals surface area (Å²) in [6.45, 7) is 6.16. The Hall–Kier alpha value is -2.08. The van der Waals surface area contributed by atoms with Crippen molar-refractivity contribution in [1.29, 1.82) is 5.26 Å². The van der Waals surface area contributed by atoms with Gasteiger partial charge in [-0.15, -0.1) is 0 Å². The van der Waals surface area contributed by atoms with E-state index in [-0.39, 0.29) is 5.92 Å². The fourth-order valence-corrected chi connectivity index (χ4v) is 2.34. The van der Waals surface area contributed by atoms with Crippen LogP contribution < -0.4 is 0 Å². The highest BCUT2D eigenvalue weighted by molar-refractivity contribution is 5.45. The molecule has 0 aliphatic heterocycles. The first-order valence-corrected chi connectivity index (χ1v) is 5.60. The SMILES string of the molecule is Cc1cc(C)c(C(C#N)c2ncc[nH]2)c(C)c1. The van der Waals surface area contributed by atoms with E-state index in [9.17, 15) is 5.26 Å². The molecule has 1 aromatic heterocycles. The van der Waals surface area contributed by atoms with Crippen LogP contribution in [0.5, 0.6) is 0 Å². The minimum absolute atomic E-state index is 0.314. The normalized spacial score (nSPS) is 12.1. The highest BCUT2D eigenvalue weighted by atomic mass is 14.9. The van der Waals surface area contributed by atoms with Gasteiger partial charge < -0.3 is 4.98 Å². The Balaban J connectivity index is 2.57. The van der Waals surface area contributed by atoms with Crippen LogP contribution in [0.15, 0.2) is 24.5 Å². The summed E-state index contributed by atoms with van der Waals surface area (Å²) in [5.74, 6) is 0.396. The lowest BCUT2D eigenvalue weighted by Gasteiger charge is -2.14. The van der Waals surface area contributed by atoms with E-state index in [0.717, 1.165) is 16.7 Å². The molecular weight excluding hydrogens is 210 g/mol. The number of nitriles is 1. The van der Waals surface area contributed by atoms with Gasteiger partial charge in [-0.05, 0) is 37.5 Å². The lowest BCUT2D eigenvalue weighted by atomic mass is 9.90. The Morgan fingerprint density at radius 1 is 1.24 bits per heavy atom. The molecule has 1 aromatic carbocycles. The van der Waals surface area contributed by atoms with Gasteiger partial charge in [-0.1, -0.05) is 17.7 Å². The predicted octanol–water partition coefficient (Wildman–Crippen LogP) is 2.99. The van der Waals surface area contributed by atoms with E-state index in [1.807, 2.05) is 13.8 Å². The van der Waals surface area contributed by atoms with Crippen LogP contribution in [0.3, 0.4) is 0 Å². The molecule has 1 unspecified atom stereocenters. The number of H-pyrrole nitrogens is 1. The smallest absolute Gasteiger partial charge is 0.129 e. The van der Waals surface area contributed by atoms with Gasteiger partial charge in [-0.3, -0.25) is 0 Å². The second-order valence-electron chi connectivity index (χ2n) is 4.35. The van der Waals surface area contributed by atoms with Crippen molar-refractivity contribution in [3.8, 4) is 6.07 Å². The van der Waals surface area contributed by atoms with Gasteiger partial charge >= 0.3 is 0 Å². The van der Waals surface area contributed by atoms with Crippen molar-refractivity contribution in [3.63, 3.8) is 0 Å². The second-order valence-corrected chi connectivity index (χ2v) is 4.35. The maximum Gasteiger partial charge on any atom is 0.129 e. The van der Waals surface area contributed by atoms with E-state index in [4.69, 9.17) is 0 Å². The minimum atomic E-state index is -0.314. The first kappa shape index (κ1) is 11.4. The Kier molecular flexibility index (Phi) is 2.97. The average Bonchev–Trinajstić information content (AvgIpc) is 2.76.